The van der Waals surface area contributed by atoms with E-state index in [1.807, 2.05) is 0 Å². The molecule has 2 radical (unpaired) electrons. The summed E-state index contributed by atoms with van der Waals surface area (Å²) in [6.07, 6.45) is 0. The molecule has 0 unspecified atom stereocenters. The summed E-state index contributed by atoms with van der Waals surface area (Å²) in [6.45, 7) is 0. The second-order valence-electron chi connectivity index (χ2n) is 0. The molecule has 0 fully saturated rings. The summed E-state index contributed by atoms with van der Waals surface area (Å²) in [6, 6.07) is 0. The van der Waals surface area contributed by atoms with Crippen LogP contribution < -0.4 is 0 Å². The zero-order valence-electron chi connectivity index (χ0n) is 2.99. The van der Waals surface area contributed by atoms with E-state index in [1.54, 1.807) is 0 Å². The van der Waals surface area contributed by atoms with Crippen molar-refractivity contribution in [3.8, 4) is 0 Å². The normalized spacial score (nSPS) is 1.50. The molecule has 0 heterocycles. The van der Waals surface area contributed by atoms with Crippen molar-refractivity contribution in [2.45, 2.75) is 4.87 Å². The van der Waals surface area contributed by atoms with Gasteiger partial charge in [-0.3, -0.25) is 0 Å². The van der Waals surface area contributed by atoms with Gasteiger partial charge in [0.05, 0.1) is 0 Å². The molecule has 0 aliphatic carbocycles. The second kappa shape index (κ2) is 17.8. The molecular formula is CH10BiSbSn. The Hall–Kier alpha value is 2.50. The topological polar surface area (TPSA) is 0 Å². The molecule has 0 aliphatic heterocycles. The van der Waals surface area contributed by atoms with E-state index in [-0.39, 0.29) is 50.1 Å². The molecule has 0 aliphatic rings. The van der Waals surface area contributed by atoms with Crippen LogP contribution in [0.4, 0.5) is 0 Å². The van der Waals surface area contributed by atoms with Crippen LogP contribution >= 0.6 is 0 Å². The van der Waals surface area contributed by atoms with Gasteiger partial charge in [-0.1, -0.05) is 0 Å². The Balaban J connectivity index is -0.00000000500. The van der Waals surface area contributed by atoms with E-state index in [0.717, 1.165) is 0 Å². The fraction of sp³-hybridized carbons (Fsp3) is 1.00. The van der Waals surface area contributed by atoms with Crippen LogP contribution in [0.5, 0.6) is 0 Å². The minimum absolute atomic E-state index is 0. The van der Waals surface area contributed by atoms with Crippen LogP contribution in [0.25, 0.3) is 0 Å². The fourth-order valence-electron chi connectivity index (χ4n) is 0. The van der Waals surface area contributed by atoms with Crippen LogP contribution in [0.15, 0.2) is 0 Å². The SMILES string of the molecule is [BiH3].[CH3][SbH2].[SnH2]. The third-order valence-electron chi connectivity index (χ3n) is 0. The van der Waals surface area contributed by atoms with Gasteiger partial charge in [-0.25, -0.2) is 0 Å². The van der Waals surface area contributed by atoms with Gasteiger partial charge in [0.1, 0.15) is 0 Å². The summed E-state index contributed by atoms with van der Waals surface area (Å²) in [5, 5.41) is 0. The van der Waals surface area contributed by atoms with E-state index in [2.05, 4.69) is 4.87 Å². The van der Waals surface area contributed by atoms with Crippen LogP contribution in [-0.2, 0) is 0 Å². The van der Waals surface area contributed by atoms with E-state index in [4.69, 9.17) is 0 Å². The second-order valence-corrected chi connectivity index (χ2v) is 0. The van der Waals surface area contributed by atoms with Crippen molar-refractivity contribution in [2.24, 2.45) is 0 Å². The molecule has 0 aromatic heterocycles. The van der Waals surface area contributed by atoms with Crippen LogP contribution in [0.1, 0.15) is 0 Å². The Morgan fingerprint density at radius 1 is 1.25 bits per heavy atom. The first kappa shape index (κ1) is 16.1. The molecule has 0 rings (SSSR count). The zero-order chi connectivity index (χ0) is 2.00. The van der Waals surface area contributed by atoms with Crippen LogP contribution in [0.2, 0.25) is 4.87 Å². The predicted molar refractivity (Wildman–Crippen MR) is 32.9 cm³/mol. The van der Waals surface area contributed by atoms with Crippen molar-refractivity contribution in [3.63, 3.8) is 0 Å². The first-order valence-corrected chi connectivity index (χ1v) is 3.87. The maximum absolute atomic E-state index is 2.13. The molecule has 4 heavy (non-hydrogen) atoms. The van der Waals surface area contributed by atoms with Gasteiger partial charge in [-0.15, -0.1) is 0 Å². The standard InChI is InChI=1S/CH3.Bi.Sb.Sn.7H/h1H3;;;;;;;;;;. The van der Waals surface area contributed by atoms with E-state index in [9.17, 15) is 0 Å². The van der Waals surface area contributed by atoms with Gasteiger partial charge in [0.15, 0.2) is 0 Å². The fourth-order valence-corrected chi connectivity index (χ4v) is 0. The zero-order valence-corrected chi connectivity index (χ0v) is 15.8. The van der Waals surface area contributed by atoms with Crippen molar-refractivity contribution in [3.05, 3.63) is 0 Å². The van der Waals surface area contributed by atoms with Crippen molar-refractivity contribution >= 4 is 73.1 Å². The summed E-state index contributed by atoms with van der Waals surface area (Å²) < 4.78 is 0. The number of rotatable bonds is 0. The van der Waals surface area contributed by atoms with E-state index in [1.165, 1.54) is 23.0 Å². The van der Waals surface area contributed by atoms with Gasteiger partial charge in [-0.05, 0) is 0 Å². The van der Waals surface area contributed by atoms with E-state index < -0.39 is 0 Å². The molecule has 3 heteroatoms. The average Bonchev–Trinajstić information content (AvgIpc) is 1.00. The Kier molecular flexibility index (Phi) is 71.5. The van der Waals surface area contributed by atoms with Gasteiger partial charge in [-0.2, -0.15) is 0 Å². The Bertz CT molecular complexity index is 8.00. The molecule has 0 N–H and O–H groups in total. The molecular weight excluding hydrogens is 461 g/mol. The van der Waals surface area contributed by atoms with Gasteiger partial charge in [0, 0.05) is 0 Å². The summed E-state index contributed by atoms with van der Waals surface area (Å²) in [4.78, 5) is 2.13. The Labute approximate surface area is 76.7 Å². The summed E-state index contributed by atoms with van der Waals surface area (Å²) in [5.74, 6) is 0. The molecule has 0 amide bonds. The van der Waals surface area contributed by atoms with Gasteiger partial charge >= 0.3 is 78.0 Å². The van der Waals surface area contributed by atoms with Crippen molar-refractivity contribution in [2.75, 3.05) is 0 Å². The minimum atomic E-state index is 0. The van der Waals surface area contributed by atoms with Gasteiger partial charge < -0.3 is 0 Å². The molecule has 0 bridgehead atoms. The quantitative estimate of drug-likeness (QED) is 0.345. The first-order valence-electron chi connectivity index (χ1n) is 0.577. The molecule has 28 valence electrons. The molecule has 0 saturated carbocycles. The molecule has 0 nitrogen and oxygen atoms in total. The summed E-state index contributed by atoms with van der Waals surface area (Å²) in [7, 11) is 0. The molecule has 0 aromatic carbocycles. The third-order valence-corrected chi connectivity index (χ3v) is 0. The van der Waals surface area contributed by atoms with Crippen molar-refractivity contribution < 1.29 is 0 Å². The Morgan fingerprint density at radius 2 is 1.25 bits per heavy atom. The molecule has 0 atom stereocenters. The van der Waals surface area contributed by atoms with Crippen molar-refractivity contribution in [1.29, 1.82) is 0 Å². The summed E-state index contributed by atoms with van der Waals surface area (Å²) in [5.41, 5.74) is 0. The maximum atomic E-state index is 2.13. The average molecular weight is 472 g/mol. The Morgan fingerprint density at radius 3 is 1.25 bits per heavy atom. The predicted octanol–water partition coefficient (Wildman–Crippen LogP) is -2.43. The van der Waals surface area contributed by atoms with Crippen LogP contribution in [0.3, 0.4) is 0 Å². The van der Waals surface area contributed by atoms with E-state index >= 15 is 0 Å². The van der Waals surface area contributed by atoms with Crippen molar-refractivity contribution in [1.82, 2.24) is 0 Å². The number of hydrogen-bond acceptors (Lipinski definition) is 0. The van der Waals surface area contributed by atoms with Gasteiger partial charge in [0.25, 0.3) is 0 Å². The molecule has 0 spiro atoms. The number of hydrogen-bond donors (Lipinski definition) is 0. The molecule has 0 aromatic rings. The van der Waals surface area contributed by atoms with E-state index in [0.29, 0.717) is 0 Å². The van der Waals surface area contributed by atoms with Crippen LogP contribution in [-0.4, -0.2) is 73.1 Å². The third kappa shape index (κ3) is 8.82. The van der Waals surface area contributed by atoms with Crippen LogP contribution in [0, 0.1) is 0 Å². The monoisotopic (exact) mass is 472 g/mol. The first-order chi connectivity index (χ1) is 1.00. The summed E-state index contributed by atoms with van der Waals surface area (Å²) >= 11 is 1.35. The molecule has 0 saturated heterocycles. The van der Waals surface area contributed by atoms with Gasteiger partial charge in [0.2, 0.25) is 0 Å².